The Hall–Kier alpha value is -0.980. The number of ether oxygens (including phenoxy) is 4. The van der Waals surface area contributed by atoms with Crippen molar-refractivity contribution in [2.24, 2.45) is 0 Å². The number of fused-ring (bicyclic) bond motifs is 1. The van der Waals surface area contributed by atoms with Gasteiger partial charge in [-0.3, -0.25) is 0 Å². The van der Waals surface area contributed by atoms with Crippen molar-refractivity contribution >= 4 is 0 Å². The zero-order chi connectivity index (χ0) is 13.2. The van der Waals surface area contributed by atoms with Crippen LogP contribution in [0.5, 0.6) is 0 Å². The fraction of sp³-hybridized carbons (Fsp3) is 0.571. The molecule has 104 valence electrons. The van der Waals surface area contributed by atoms with E-state index < -0.39 is 18.7 Å². The second-order valence-electron chi connectivity index (χ2n) is 4.83. The van der Waals surface area contributed by atoms with Gasteiger partial charge in [0.1, 0.15) is 12.2 Å². The second kappa shape index (κ2) is 5.56. The van der Waals surface area contributed by atoms with Crippen LogP contribution >= 0.6 is 0 Å². The number of aliphatic hydroxyl groups excluding tert-OH is 1. The summed E-state index contributed by atoms with van der Waals surface area (Å²) >= 11 is 0. The van der Waals surface area contributed by atoms with Crippen LogP contribution < -0.4 is 0 Å². The first-order valence-electron chi connectivity index (χ1n) is 6.46. The molecule has 2 heterocycles. The first kappa shape index (κ1) is 13.0. The van der Waals surface area contributed by atoms with Gasteiger partial charge >= 0.3 is 0 Å². The molecule has 0 spiro atoms. The highest BCUT2D eigenvalue weighted by molar-refractivity contribution is 5.16. The summed E-state index contributed by atoms with van der Waals surface area (Å²) in [5, 5.41) is 9.89. The number of hydrogen-bond donors (Lipinski definition) is 1. The topological polar surface area (TPSA) is 57.2 Å². The van der Waals surface area contributed by atoms with Gasteiger partial charge < -0.3 is 24.1 Å². The Morgan fingerprint density at radius 2 is 1.95 bits per heavy atom. The molecule has 1 N–H and O–H groups in total. The second-order valence-corrected chi connectivity index (χ2v) is 4.83. The van der Waals surface area contributed by atoms with Crippen LogP contribution in [0.1, 0.15) is 18.3 Å². The van der Waals surface area contributed by atoms with Crippen molar-refractivity contribution in [3.8, 4) is 0 Å². The maximum absolute atomic E-state index is 9.89. The van der Waals surface area contributed by atoms with Crippen molar-refractivity contribution in [1.29, 1.82) is 0 Å². The van der Waals surface area contributed by atoms with E-state index in [4.69, 9.17) is 18.9 Å². The molecule has 1 aromatic rings. The minimum Gasteiger partial charge on any atom is -0.388 e. The van der Waals surface area contributed by atoms with Gasteiger partial charge in [-0.2, -0.15) is 0 Å². The predicted octanol–water partition coefficient (Wildman–Crippen LogP) is 1.22. The van der Waals surface area contributed by atoms with E-state index in [-0.39, 0.29) is 12.2 Å². The molecule has 5 atom stereocenters. The summed E-state index contributed by atoms with van der Waals surface area (Å²) in [6, 6.07) is 9.76. The van der Waals surface area contributed by atoms with Crippen LogP contribution in [0.3, 0.4) is 0 Å². The van der Waals surface area contributed by atoms with Crippen LogP contribution in [0.2, 0.25) is 0 Å². The summed E-state index contributed by atoms with van der Waals surface area (Å²) in [7, 11) is 1.52. The first-order chi connectivity index (χ1) is 9.28. The van der Waals surface area contributed by atoms with E-state index in [0.29, 0.717) is 13.0 Å². The molecule has 0 amide bonds. The molecule has 0 aromatic heterocycles. The lowest BCUT2D eigenvalue weighted by Crippen LogP contribution is -2.53. The molecular formula is C14H18O5. The van der Waals surface area contributed by atoms with E-state index in [1.807, 2.05) is 30.3 Å². The van der Waals surface area contributed by atoms with E-state index in [2.05, 4.69) is 0 Å². The smallest absolute Gasteiger partial charge is 0.184 e. The third kappa shape index (κ3) is 2.66. The molecule has 5 heteroatoms. The third-order valence-corrected chi connectivity index (χ3v) is 3.53. The van der Waals surface area contributed by atoms with Crippen molar-refractivity contribution in [3.05, 3.63) is 35.9 Å². The highest BCUT2D eigenvalue weighted by Gasteiger charge is 2.42. The van der Waals surface area contributed by atoms with Gasteiger partial charge in [-0.25, -0.2) is 0 Å². The fourth-order valence-electron chi connectivity index (χ4n) is 2.52. The molecule has 1 aromatic carbocycles. The van der Waals surface area contributed by atoms with Crippen LogP contribution in [0.4, 0.5) is 0 Å². The lowest BCUT2D eigenvalue weighted by Gasteiger charge is -2.43. The number of methoxy groups -OCH3 is 1. The van der Waals surface area contributed by atoms with E-state index >= 15 is 0 Å². The third-order valence-electron chi connectivity index (χ3n) is 3.53. The Kier molecular flexibility index (Phi) is 3.81. The SMILES string of the molecule is CO[C@@H]1O[C@@H]2COC(c3ccccc3)O[C@H]2C[C@@H]1O. The van der Waals surface area contributed by atoms with Gasteiger partial charge in [-0.1, -0.05) is 30.3 Å². The fourth-order valence-corrected chi connectivity index (χ4v) is 2.52. The number of aliphatic hydroxyl groups is 1. The average Bonchev–Trinajstić information content (AvgIpc) is 2.47. The largest absolute Gasteiger partial charge is 0.388 e. The van der Waals surface area contributed by atoms with E-state index in [0.717, 1.165) is 5.56 Å². The molecule has 2 fully saturated rings. The minimum atomic E-state index is -0.666. The van der Waals surface area contributed by atoms with Crippen molar-refractivity contribution in [3.63, 3.8) is 0 Å². The molecule has 0 saturated carbocycles. The Morgan fingerprint density at radius 3 is 2.68 bits per heavy atom. The number of benzene rings is 1. The lowest BCUT2D eigenvalue weighted by atomic mass is 10.0. The maximum Gasteiger partial charge on any atom is 0.184 e. The molecule has 0 bridgehead atoms. The highest BCUT2D eigenvalue weighted by atomic mass is 16.7. The van der Waals surface area contributed by atoms with Crippen molar-refractivity contribution in [2.75, 3.05) is 13.7 Å². The summed E-state index contributed by atoms with van der Waals surface area (Å²) in [4.78, 5) is 0. The lowest BCUT2D eigenvalue weighted by molar-refractivity contribution is -0.333. The monoisotopic (exact) mass is 266 g/mol. The molecule has 3 rings (SSSR count). The molecule has 2 saturated heterocycles. The summed E-state index contributed by atoms with van der Waals surface area (Å²) in [5.41, 5.74) is 0.976. The minimum absolute atomic E-state index is 0.166. The quantitative estimate of drug-likeness (QED) is 0.872. The standard InChI is InChI=1S/C14H18O5/c1-16-14-10(15)7-11-12(19-14)8-17-13(18-11)9-5-3-2-4-6-9/h2-6,10-15H,7-8H2,1H3/t10-,11-,12+,13?,14+/m0/s1. The van der Waals surface area contributed by atoms with Gasteiger partial charge in [0, 0.05) is 19.1 Å². The van der Waals surface area contributed by atoms with Crippen molar-refractivity contribution < 1.29 is 24.1 Å². The Labute approximate surface area is 112 Å². The Bertz CT molecular complexity index is 410. The molecule has 5 nitrogen and oxygen atoms in total. The summed E-state index contributed by atoms with van der Waals surface area (Å²) in [6.07, 6.45) is -1.51. The molecular weight excluding hydrogens is 248 g/mol. The van der Waals surface area contributed by atoms with Crippen LogP contribution in [0.15, 0.2) is 30.3 Å². The Balaban J connectivity index is 1.68. The molecule has 2 aliphatic rings. The molecule has 0 aliphatic carbocycles. The molecule has 0 radical (unpaired) electrons. The molecule has 1 unspecified atom stereocenters. The Morgan fingerprint density at radius 1 is 1.16 bits per heavy atom. The van der Waals surface area contributed by atoms with Gasteiger partial charge in [0.2, 0.25) is 0 Å². The first-order valence-corrected chi connectivity index (χ1v) is 6.46. The van der Waals surface area contributed by atoms with Gasteiger partial charge in [-0.15, -0.1) is 0 Å². The zero-order valence-electron chi connectivity index (χ0n) is 10.8. The van der Waals surface area contributed by atoms with Crippen molar-refractivity contribution in [1.82, 2.24) is 0 Å². The summed E-state index contributed by atoms with van der Waals surface area (Å²) in [5.74, 6) is 0. The van der Waals surface area contributed by atoms with Gasteiger partial charge in [0.15, 0.2) is 12.6 Å². The maximum atomic E-state index is 9.89. The van der Waals surface area contributed by atoms with Crippen LogP contribution in [0.25, 0.3) is 0 Å². The van der Waals surface area contributed by atoms with Gasteiger partial charge in [-0.05, 0) is 0 Å². The van der Waals surface area contributed by atoms with Gasteiger partial charge in [0.25, 0.3) is 0 Å². The average molecular weight is 266 g/mol. The van der Waals surface area contributed by atoms with E-state index in [1.165, 1.54) is 7.11 Å². The molecule has 19 heavy (non-hydrogen) atoms. The van der Waals surface area contributed by atoms with Crippen LogP contribution in [-0.4, -0.2) is 43.4 Å². The zero-order valence-corrected chi connectivity index (χ0v) is 10.8. The number of hydrogen-bond acceptors (Lipinski definition) is 5. The van der Waals surface area contributed by atoms with E-state index in [9.17, 15) is 5.11 Å². The van der Waals surface area contributed by atoms with E-state index in [1.54, 1.807) is 0 Å². The predicted molar refractivity (Wildman–Crippen MR) is 66.3 cm³/mol. The van der Waals surface area contributed by atoms with Crippen LogP contribution in [0, 0.1) is 0 Å². The summed E-state index contributed by atoms with van der Waals surface area (Å²) < 4.78 is 22.2. The summed E-state index contributed by atoms with van der Waals surface area (Å²) in [6.45, 7) is 0.441. The molecule has 2 aliphatic heterocycles. The van der Waals surface area contributed by atoms with Crippen LogP contribution in [-0.2, 0) is 18.9 Å². The number of rotatable bonds is 2. The van der Waals surface area contributed by atoms with Crippen molar-refractivity contribution in [2.45, 2.75) is 37.3 Å². The normalized spacial score (nSPS) is 38.7. The van der Waals surface area contributed by atoms with Gasteiger partial charge in [0.05, 0.1) is 12.7 Å². The highest BCUT2D eigenvalue weighted by Crippen LogP contribution is 2.33.